The Balaban J connectivity index is 0.000000397. The van der Waals surface area contributed by atoms with Gasteiger partial charge in [-0.15, -0.1) is 0 Å². The first kappa shape index (κ1) is 49.3. The molecule has 3 fully saturated rings. The average Bonchev–Trinajstić information content (AvgIpc) is 3.08. The lowest BCUT2D eigenvalue weighted by Gasteiger charge is -2.39. The number of hydrogen-bond donors (Lipinski definition) is 9. The van der Waals surface area contributed by atoms with Gasteiger partial charge in [-0.25, -0.2) is 0 Å². The van der Waals surface area contributed by atoms with Gasteiger partial charge in [0.2, 0.25) is 0 Å². The Morgan fingerprint density at radius 3 is 1.12 bits per heavy atom. The molecule has 0 aromatic carbocycles. The summed E-state index contributed by atoms with van der Waals surface area (Å²) < 4.78 is 42.5. The molecule has 17 heteroatoms. The molecule has 0 aromatic heterocycles. The van der Waals surface area contributed by atoms with Gasteiger partial charge in [0.1, 0.15) is 54.9 Å². The van der Waals surface area contributed by atoms with Crippen molar-refractivity contribution in [3.63, 3.8) is 0 Å². The zero-order valence-corrected chi connectivity index (χ0v) is 32.3. The van der Waals surface area contributed by atoms with E-state index in [0.717, 1.165) is 6.42 Å². The Labute approximate surface area is 308 Å². The van der Waals surface area contributed by atoms with Crippen LogP contribution < -0.4 is 0 Å². The Morgan fingerprint density at radius 2 is 0.731 bits per heavy atom. The zero-order chi connectivity index (χ0) is 39.7. The van der Waals surface area contributed by atoms with Crippen LogP contribution in [0.2, 0.25) is 0 Å². The summed E-state index contributed by atoms with van der Waals surface area (Å²) in [6, 6.07) is 0. The van der Waals surface area contributed by atoms with Gasteiger partial charge in [-0.05, 0) is 44.9 Å². The van der Waals surface area contributed by atoms with Crippen molar-refractivity contribution in [1.82, 2.24) is 0 Å². The minimum Gasteiger partial charge on any atom is -0.388 e. The predicted molar refractivity (Wildman–Crippen MR) is 186 cm³/mol. The molecule has 15 atom stereocenters. The van der Waals surface area contributed by atoms with Crippen LogP contribution in [0.3, 0.4) is 0 Å². The molecule has 0 aliphatic carbocycles. The van der Waals surface area contributed by atoms with Crippen LogP contribution in [0.15, 0.2) is 0 Å². The van der Waals surface area contributed by atoms with Gasteiger partial charge in [0.25, 0.3) is 0 Å². The Hall–Kier alpha value is -0.680. The fourth-order valence-electron chi connectivity index (χ4n) is 4.92. The summed E-state index contributed by atoms with van der Waals surface area (Å²) in [5.41, 5.74) is 0. The van der Waals surface area contributed by atoms with E-state index in [0.29, 0.717) is 57.4 Å². The normalized spacial score (nSPS) is 38.1. The van der Waals surface area contributed by atoms with Gasteiger partial charge in [-0.2, -0.15) is 0 Å². The van der Waals surface area contributed by atoms with Crippen LogP contribution >= 0.6 is 0 Å². The Kier molecular flexibility index (Phi) is 24.2. The van der Waals surface area contributed by atoms with Gasteiger partial charge in [-0.3, -0.25) is 0 Å². The molecular weight excluding hydrogens is 692 g/mol. The van der Waals surface area contributed by atoms with Crippen molar-refractivity contribution in [1.29, 1.82) is 0 Å². The maximum Gasteiger partial charge on any atom is 0.186 e. The quantitative estimate of drug-likeness (QED) is 0.0845. The first-order valence-corrected chi connectivity index (χ1v) is 18.4. The van der Waals surface area contributed by atoms with E-state index in [-0.39, 0.29) is 6.61 Å². The second-order valence-corrected chi connectivity index (χ2v) is 14.8. The molecule has 17 nitrogen and oxygen atoms in total. The zero-order valence-electron chi connectivity index (χ0n) is 32.3. The number of aliphatic hydroxyl groups excluding tert-OH is 9. The van der Waals surface area contributed by atoms with Crippen molar-refractivity contribution in [2.75, 3.05) is 46.2 Å². The molecule has 0 amide bonds. The monoisotopic (exact) mass is 762 g/mol. The van der Waals surface area contributed by atoms with Crippen LogP contribution in [-0.4, -0.2) is 184 Å². The maximum atomic E-state index is 9.73. The summed E-state index contributed by atoms with van der Waals surface area (Å²) in [7, 11) is 0. The third-order valence-electron chi connectivity index (χ3n) is 8.33. The lowest BCUT2D eigenvalue weighted by molar-refractivity contribution is -0.294. The summed E-state index contributed by atoms with van der Waals surface area (Å²) in [6.07, 6.45) is -14.1. The van der Waals surface area contributed by atoms with Crippen molar-refractivity contribution in [2.45, 2.75) is 161 Å². The molecule has 312 valence electrons. The summed E-state index contributed by atoms with van der Waals surface area (Å²) in [6.45, 7) is 20.3. The fourth-order valence-corrected chi connectivity index (χ4v) is 4.92. The van der Waals surface area contributed by atoms with E-state index in [2.05, 4.69) is 27.7 Å². The SMILES string of the molecule is CC(C)CCO[C@@H]1O[C@@H](C)[C@@H](O)C(O)C1O.CC(C)COCCOCCO[C@@H]1O[C@@H](C)[C@@H](O)C(O)C1O.CC(C)CO[C@@H]1O[C@@H](C)[C@@H](O)C(O)C1O. The lowest BCUT2D eigenvalue weighted by Crippen LogP contribution is -2.57. The first-order valence-electron chi connectivity index (χ1n) is 18.4. The van der Waals surface area contributed by atoms with E-state index in [1.54, 1.807) is 20.8 Å². The Morgan fingerprint density at radius 1 is 0.385 bits per heavy atom. The number of rotatable bonds is 16. The highest BCUT2D eigenvalue weighted by atomic mass is 16.7. The van der Waals surface area contributed by atoms with Crippen LogP contribution in [-0.2, 0) is 37.9 Å². The third-order valence-corrected chi connectivity index (χ3v) is 8.33. The van der Waals surface area contributed by atoms with Gasteiger partial charge >= 0.3 is 0 Å². The number of hydrogen-bond acceptors (Lipinski definition) is 17. The highest BCUT2D eigenvalue weighted by molar-refractivity contribution is 4.88. The predicted octanol–water partition coefficient (Wildman–Crippen LogP) is -1.12. The summed E-state index contributed by atoms with van der Waals surface area (Å²) in [4.78, 5) is 0. The van der Waals surface area contributed by atoms with Crippen LogP contribution in [0.4, 0.5) is 0 Å². The smallest absolute Gasteiger partial charge is 0.186 e. The molecule has 0 bridgehead atoms. The maximum absolute atomic E-state index is 9.73. The molecule has 0 radical (unpaired) electrons. The fraction of sp³-hybridized carbons (Fsp3) is 1.00. The van der Waals surface area contributed by atoms with Crippen LogP contribution in [0.1, 0.15) is 68.7 Å². The molecule has 0 aromatic rings. The first-order chi connectivity index (χ1) is 24.3. The molecule has 3 aliphatic rings. The molecule has 0 spiro atoms. The van der Waals surface area contributed by atoms with Gasteiger partial charge < -0.3 is 83.9 Å². The van der Waals surface area contributed by atoms with Gasteiger partial charge in [-0.1, -0.05) is 41.5 Å². The van der Waals surface area contributed by atoms with Crippen LogP contribution in [0, 0.1) is 17.8 Å². The summed E-state index contributed by atoms with van der Waals surface area (Å²) >= 11 is 0. The standard InChI is InChI=1S/C14H28O7.C11H22O5.C10H20O5/c1-9(2)8-19-5-4-18-6-7-20-14-13(17)12(16)11(15)10(3)21-14;1-6(2)4-5-15-11-10(14)9(13)8(12)7(3)16-11;1-5(2)4-14-10-9(13)8(12)7(11)6(3)15-10/h9-17H,4-8H2,1-3H3;6-14H,4-5H2,1-3H3;5-13H,4H2,1-3H3/t10-,11+,12?,13?,14+;7-,8+,9?,10?,11+;6-,7+,8?,9?,10+/m000/s1. The number of aliphatic hydroxyl groups is 9. The van der Waals surface area contributed by atoms with Crippen LogP contribution in [0.25, 0.3) is 0 Å². The van der Waals surface area contributed by atoms with Gasteiger partial charge in [0.15, 0.2) is 18.9 Å². The summed E-state index contributed by atoms with van der Waals surface area (Å²) in [5.74, 6) is 1.33. The highest BCUT2D eigenvalue weighted by Crippen LogP contribution is 2.24. The molecule has 3 rings (SSSR count). The van der Waals surface area contributed by atoms with Crippen molar-refractivity contribution in [2.24, 2.45) is 17.8 Å². The van der Waals surface area contributed by atoms with E-state index >= 15 is 0 Å². The van der Waals surface area contributed by atoms with E-state index in [9.17, 15) is 46.0 Å². The molecule has 3 heterocycles. The largest absolute Gasteiger partial charge is 0.388 e. The number of ether oxygens (including phenoxy) is 8. The van der Waals surface area contributed by atoms with E-state index in [1.807, 2.05) is 13.8 Å². The van der Waals surface area contributed by atoms with Crippen molar-refractivity contribution < 1.29 is 83.9 Å². The molecule has 6 unspecified atom stereocenters. The van der Waals surface area contributed by atoms with Crippen molar-refractivity contribution in [3.05, 3.63) is 0 Å². The molecule has 3 saturated heterocycles. The van der Waals surface area contributed by atoms with E-state index in [4.69, 9.17) is 37.9 Å². The molecule has 3 aliphatic heterocycles. The van der Waals surface area contributed by atoms with E-state index < -0.39 is 92.1 Å². The van der Waals surface area contributed by atoms with Crippen LogP contribution in [0.5, 0.6) is 0 Å². The minimum absolute atomic E-state index is 0.224. The molecule has 52 heavy (non-hydrogen) atoms. The third kappa shape index (κ3) is 17.4. The lowest BCUT2D eigenvalue weighted by atomic mass is 10.00. The molecule has 0 saturated carbocycles. The highest BCUT2D eigenvalue weighted by Gasteiger charge is 2.44. The minimum atomic E-state index is -1.27. The summed E-state index contributed by atoms with van der Waals surface area (Å²) in [5, 5.41) is 86.0. The second-order valence-electron chi connectivity index (χ2n) is 14.8. The molecule has 9 N–H and O–H groups in total. The molecular formula is C35H70O17. The second kappa shape index (κ2) is 25.5. The topological polar surface area (TPSA) is 256 Å². The van der Waals surface area contributed by atoms with Crippen molar-refractivity contribution >= 4 is 0 Å². The van der Waals surface area contributed by atoms with Gasteiger partial charge in [0, 0.05) is 6.61 Å². The average molecular weight is 763 g/mol. The van der Waals surface area contributed by atoms with Crippen molar-refractivity contribution in [3.8, 4) is 0 Å². The van der Waals surface area contributed by atoms with Gasteiger partial charge in [0.05, 0.1) is 58.0 Å². The van der Waals surface area contributed by atoms with E-state index in [1.165, 1.54) is 0 Å². The Bertz CT molecular complexity index is 900.